The van der Waals surface area contributed by atoms with E-state index in [9.17, 15) is 4.79 Å². The van der Waals surface area contributed by atoms with Crippen molar-refractivity contribution in [3.8, 4) is 22.9 Å². The highest BCUT2D eigenvalue weighted by atomic mass is 32.2. The van der Waals surface area contributed by atoms with Crippen LogP contribution in [-0.2, 0) is 18.3 Å². The minimum Gasteiger partial charge on any atom is -0.439 e. The molecular formula is C29H32N6O2S. The SMILES string of the molecule is Cc1cccc(C)c1-c1cc(Oc2ccc(CC(=O)N3CCCCC3)cc2)nc(NSc2cnn(C)c2)n1. The first-order chi connectivity index (χ1) is 18.4. The quantitative estimate of drug-likeness (QED) is 0.282. The second kappa shape index (κ2) is 11.7. The van der Waals surface area contributed by atoms with Crippen LogP contribution in [0.25, 0.3) is 11.3 Å². The predicted molar refractivity (Wildman–Crippen MR) is 150 cm³/mol. The van der Waals surface area contributed by atoms with E-state index in [1.807, 2.05) is 54.5 Å². The Morgan fingerprint density at radius 3 is 2.45 bits per heavy atom. The first-order valence-corrected chi connectivity index (χ1v) is 13.7. The fourth-order valence-electron chi connectivity index (χ4n) is 4.65. The van der Waals surface area contributed by atoms with Gasteiger partial charge < -0.3 is 9.64 Å². The van der Waals surface area contributed by atoms with Gasteiger partial charge in [0.2, 0.25) is 17.7 Å². The van der Waals surface area contributed by atoms with Crippen molar-refractivity contribution in [1.82, 2.24) is 24.6 Å². The molecule has 4 aromatic rings. The molecule has 1 fully saturated rings. The average molecular weight is 529 g/mol. The third kappa shape index (κ3) is 6.34. The van der Waals surface area contributed by atoms with Crippen LogP contribution in [0.5, 0.6) is 11.6 Å². The molecule has 0 radical (unpaired) electrons. The summed E-state index contributed by atoms with van der Waals surface area (Å²) in [5, 5.41) is 4.21. The van der Waals surface area contributed by atoms with Gasteiger partial charge in [-0.05, 0) is 73.9 Å². The maximum absolute atomic E-state index is 12.6. The summed E-state index contributed by atoms with van der Waals surface area (Å²) in [7, 11) is 1.88. The molecule has 38 heavy (non-hydrogen) atoms. The fraction of sp³-hybridized carbons (Fsp3) is 0.310. The van der Waals surface area contributed by atoms with Crippen LogP contribution in [0.1, 0.15) is 36.0 Å². The Labute approximate surface area is 227 Å². The van der Waals surface area contributed by atoms with Crippen LogP contribution >= 0.6 is 11.9 Å². The predicted octanol–water partition coefficient (Wildman–Crippen LogP) is 5.96. The van der Waals surface area contributed by atoms with Gasteiger partial charge in [0, 0.05) is 38.0 Å². The first kappa shape index (κ1) is 25.8. The lowest BCUT2D eigenvalue weighted by Crippen LogP contribution is -2.36. The van der Waals surface area contributed by atoms with Crippen molar-refractivity contribution in [2.75, 3.05) is 17.8 Å². The van der Waals surface area contributed by atoms with Crippen molar-refractivity contribution in [3.63, 3.8) is 0 Å². The third-order valence-electron chi connectivity index (χ3n) is 6.59. The largest absolute Gasteiger partial charge is 0.439 e. The van der Waals surface area contributed by atoms with E-state index in [1.165, 1.54) is 18.4 Å². The molecule has 0 aliphatic carbocycles. The number of likely N-dealkylation sites (tertiary alicyclic amines) is 1. The lowest BCUT2D eigenvalue weighted by molar-refractivity contribution is -0.131. The van der Waals surface area contributed by atoms with E-state index in [0.29, 0.717) is 24.0 Å². The van der Waals surface area contributed by atoms with E-state index in [-0.39, 0.29) is 5.91 Å². The molecule has 3 heterocycles. The van der Waals surface area contributed by atoms with Crippen molar-refractivity contribution in [2.45, 2.75) is 44.4 Å². The van der Waals surface area contributed by atoms with Crippen LogP contribution in [0.2, 0.25) is 0 Å². The molecule has 196 valence electrons. The van der Waals surface area contributed by atoms with E-state index in [1.54, 1.807) is 10.9 Å². The number of rotatable bonds is 8. The fourth-order valence-corrected chi connectivity index (χ4v) is 5.26. The first-order valence-electron chi connectivity index (χ1n) is 12.9. The number of carbonyl (C=O) groups is 1. The molecule has 2 aromatic carbocycles. The molecule has 1 aliphatic rings. The van der Waals surface area contributed by atoms with Gasteiger partial charge in [-0.1, -0.05) is 30.3 Å². The number of aromatic nitrogens is 4. The van der Waals surface area contributed by atoms with Crippen LogP contribution < -0.4 is 9.46 Å². The molecule has 5 rings (SSSR count). The Morgan fingerprint density at radius 2 is 1.76 bits per heavy atom. The molecular weight excluding hydrogens is 496 g/mol. The number of ether oxygens (including phenoxy) is 1. The summed E-state index contributed by atoms with van der Waals surface area (Å²) in [5.74, 6) is 1.72. The van der Waals surface area contributed by atoms with Gasteiger partial charge in [-0.2, -0.15) is 10.1 Å². The van der Waals surface area contributed by atoms with Crippen molar-refractivity contribution in [3.05, 3.63) is 77.6 Å². The van der Waals surface area contributed by atoms with Gasteiger partial charge in [0.25, 0.3) is 0 Å². The molecule has 9 heteroatoms. The summed E-state index contributed by atoms with van der Waals surface area (Å²) in [6.45, 7) is 5.89. The van der Waals surface area contributed by atoms with Crippen molar-refractivity contribution in [2.24, 2.45) is 7.05 Å². The Hall–Kier alpha value is -3.85. The topological polar surface area (TPSA) is 85.2 Å². The van der Waals surface area contributed by atoms with Crippen molar-refractivity contribution < 1.29 is 9.53 Å². The molecule has 1 saturated heterocycles. The monoisotopic (exact) mass is 528 g/mol. The number of benzene rings is 2. The van der Waals surface area contributed by atoms with Crippen LogP contribution in [0.4, 0.5) is 5.95 Å². The van der Waals surface area contributed by atoms with Crippen LogP contribution in [0.15, 0.2) is 65.8 Å². The van der Waals surface area contributed by atoms with Crippen molar-refractivity contribution >= 4 is 23.8 Å². The summed E-state index contributed by atoms with van der Waals surface area (Å²) >= 11 is 1.39. The molecule has 1 N–H and O–H groups in total. The van der Waals surface area contributed by atoms with Crippen molar-refractivity contribution in [1.29, 1.82) is 0 Å². The minimum absolute atomic E-state index is 0.189. The zero-order valence-electron chi connectivity index (χ0n) is 22.0. The number of hydrogen-bond acceptors (Lipinski definition) is 7. The van der Waals surface area contributed by atoms with E-state index in [2.05, 4.69) is 40.8 Å². The average Bonchev–Trinajstić information content (AvgIpc) is 3.34. The van der Waals surface area contributed by atoms with E-state index in [0.717, 1.165) is 58.8 Å². The number of nitrogens with zero attached hydrogens (tertiary/aromatic N) is 5. The summed E-state index contributed by atoms with van der Waals surface area (Å²) in [4.78, 5) is 25.0. The third-order valence-corrected chi connectivity index (χ3v) is 7.32. The Kier molecular flexibility index (Phi) is 7.93. The summed E-state index contributed by atoms with van der Waals surface area (Å²) in [5.41, 5.74) is 5.07. The van der Waals surface area contributed by atoms with Gasteiger partial charge in [-0.3, -0.25) is 14.2 Å². The number of nitrogens with one attached hydrogen (secondary N) is 1. The van der Waals surface area contributed by atoms with Crippen LogP contribution in [0.3, 0.4) is 0 Å². The second-order valence-corrected chi connectivity index (χ2v) is 10.5. The zero-order valence-corrected chi connectivity index (χ0v) is 22.8. The minimum atomic E-state index is 0.189. The maximum atomic E-state index is 12.6. The molecule has 0 bridgehead atoms. The van der Waals surface area contributed by atoms with Gasteiger partial charge in [-0.15, -0.1) is 0 Å². The smallest absolute Gasteiger partial charge is 0.237 e. The zero-order chi connectivity index (χ0) is 26.5. The maximum Gasteiger partial charge on any atom is 0.237 e. The lowest BCUT2D eigenvalue weighted by Gasteiger charge is -2.26. The van der Waals surface area contributed by atoms with Crippen LogP contribution in [0, 0.1) is 13.8 Å². The molecule has 0 spiro atoms. The molecule has 2 aromatic heterocycles. The Bertz CT molecular complexity index is 1390. The van der Waals surface area contributed by atoms with Gasteiger partial charge >= 0.3 is 0 Å². The number of carbonyl (C=O) groups excluding carboxylic acids is 1. The van der Waals surface area contributed by atoms with E-state index in [4.69, 9.17) is 9.72 Å². The normalized spacial score (nSPS) is 13.4. The number of hydrogen-bond donors (Lipinski definition) is 1. The lowest BCUT2D eigenvalue weighted by atomic mass is 10.00. The molecule has 0 unspecified atom stereocenters. The van der Waals surface area contributed by atoms with E-state index < -0.39 is 0 Å². The summed E-state index contributed by atoms with van der Waals surface area (Å²) < 4.78 is 11.2. The Morgan fingerprint density at radius 1 is 1.03 bits per heavy atom. The standard InChI is InChI=1S/C29H32N6O2S/c1-20-8-7-9-21(2)28(20)25-17-26(32-29(31-25)33-38-24-18-30-34(3)19-24)37-23-12-10-22(11-13-23)16-27(36)35-14-5-4-6-15-35/h7-13,17-19H,4-6,14-16H2,1-3H3,(H,31,32,33). The number of amides is 1. The number of anilines is 1. The van der Waals surface area contributed by atoms with Gasteiger partial charge in [0.05, 0.1) is 23.2 Å². The molecule has 8 nitrogen and oxygen atoms in total. The number of piperidine rings is 1. The highest BCUT2D eigenvalue weighted by molar-refractivity contribution is 8.00. The summed E-state index contributed by atoms with van der Waals surface area (Å²) in [6.07, 6.45) is 7.51. The second-order valence-electron chi connectivity index (χ2n) is 9.60. The van der Waals surface area contributed by atoms with Gasteiger partial charge in [0.15, 0.2) is 0 Å². The molecule has 1 amide bonds. The number of aryl methyl sites for hydroxylation is 3. The van der Waals surface area contributed by atoms with E-state index >= 15 is 0 Å². The molecule has 0 saturated carbocycles. The van der Waals surface area contributed by atoms with Gasteiger partial charge in [-0.25, -0.2) is 4.98 Å². The van der Waals surface area contributed by atoms with Crippen LogP contribution in [-0.4, -0.2) is 43.6 Å². The molecule has 0 atom stereocenters. The highest BCUT2D eigenvalue weighted by Gasteiger charge is 2.17. The summed E-state index contributed by atoms with van der Waals surface area (Å²) in [6, 6.07) is 15.7. The van der Waals surface area contributed by atoms with Gasteiger partial charge in [0.1, 0.15) is 5.75 Å². The highest BCUT2D eigenvalue weighted by Crippen LogP contribution is 2.31. The molecule has 1 aliphatic heterocycles. The Balaban J connectivity index is 1.36.